The van der Waals surface area contributed by atoms with E-state index in [1.165, 1.54) is 119 Å². The molecule has 3 aliphatic rings. The van der Waals surface area contributed by atoms with Gasteiger partial charge in [0.2, 0.25) is 0 Å². The fourth-order valence-corrected chi connectivity index (χ4v) is 12.4. The first-order chi connectivity index (χ1) is 27.8. The van der Waals surface area contributed by atoms with E-state index in [1.54, 1.807) is 0 Å². The Hall–Kier alpha value is -6.22. The van der Waals surface area contributed by atoms with Gasteiger partial charge in [-0.3, -0.25) is 0 Å². The van der Waals surface area contributed by atoms with E-state index in [2.05, 4.69) is 193 Å². The summed E-state index contributed by atoms with van der Waals surface area (Å²) in [6, 6.07) is 71.0. The highest BCUT2D eigenvalue weighted by Crippen LogP contribution is 2.62. The monoisotopic (exact) mass is 733 g/mol. The second-order valence-electron chi connectivity index (χ2n) is 15.8. The van der Waals surface area contributed by atoms with Crippen LogP contribution in [0.15, 0.2) is 188 Å². The van der Waals surface area contributed by atoms with Crippen molar-refractivity contribution in [1.29, 1.82) is 0 Å². The second kappa shape index (κ2) is 12.1. The van der Waals surface area contributed by atoms with Gasteiger partial charge in [-0.05, 0) is 99.3 Å². The molecule has 1 spiro atoms. The predicted molar refractivity (Wildman–Crippen MR) is 236 cm³/mol. The maximum Gasteiger partial charge on any atom is 0.0720 e. The molecule has 0 bridgehead atoms. The van der Waals surface area contributed by atoms with Crippen molar-refractivity contribution in [2.75, 3.05) is 4.90 Å². The van der Waals surface area contributed by atoms with Crippen molar-refractivity contribution in [3.8, 4) is 22.3 Å². The van der Waals surface area contributed by atoms with Crippen LogP contribution in [0.3, 0.4) is 0 Å². The number of hydrogen-bond donors (Lipinski definition) is 0. The Bertz CT molecular complexity index is 2940. The van der Waals surface area contributed by atoms with Crippen molar-refractivity contribution < 1.29 is 0 Å². The fraction of sp³-hybridized carbons (Fsp3) is 0.111. The summed E-state index contributed by atoms with van der Waals surface area (Å²) in [6.07, 6.45) is 4.98. The summed E-state index contributed by atoms with van der Waals surface area (Å²) in [7, 11) is 0. The summed E-state index contributed by atoms with van der Waals surface area (Å²) >= 11 is 1.92. The van der Waals surface area contributed by atoms with E-state index in [0.717, 1.165) is 0 Å². The van der Waals surface area contributed by atoms with Crippen molar-refractivity contribution in [3.63, 3.8) is 0 Å². The molecule has 9 aromatic rings. The molecule has 2 heteroatoms. The predicted octanol–water partition coefficient (Wildman–Crippen LogP) is 14.7. The molecule has 0 atom stereocenters. The number of rotatable bonds is 5. The third-order valence-electron chi connectivity index (χ3n) is 13.3. The molecule has 1 heterocycles. The second-order valence-corrected chi connectivity index (χ2v) is 16.9. The third kappa shape index (κ3) is 4.20. The average Bonchev–Trinajstić information content (AvgIpc) is 4.04. The molecule has 0 N–H and O–H groups in total. The van der Waals surface area contributed by atoms with Crippen LogP contribution in [0.5, 0.6) is 0 Å². The highest BCUT2D eigenvalue weighted by molar-refractivity contribution is 7.26. The maximum atomic E-state index is 2.58. The number of hydrogen-bond acceptors (Lipinski definition) is 2. The Morgan fingerprint density at radius 3 is 1.62 bits per heavy atom. The molecule has 1 saturated carbocycles. The van der Waals surface area contributed by atoms with Crippen LogP contribution < -0.4 is 4.90 Å². The first kappa shape index (κ1) is 32.1. The normalized spacial score (nSPS) is 15.5. The lowest BCUT2D eigenvalue weighted by atomic mass is 9.66. The van der Waals surface area contributed by atoms with E-state index in [1.807, 2.05) is 11.3 Å². The Morgan fingerprint density at radius 1 is 0.393 bits per heavy atom. The molecule has 12 rings (SSSR count). The zero-order chi connectivity index (χ0) is 36.8. The van der Waals surface area contributed by atoms with Crippen LogP contribution in [0.4, 0.5) is 17.1 Å². The minimum atomic E-state index is -0.506. The molecule has 1 fully saturated rings. The van der Waals surface area contributed by atoms with E-state index in [9.17, 15) is 0 Å². The van der Waals surface area contributed by atoms with Crippen LogP contribution in [0.25, 0.3) is 42.4 Å². The lowest BCUT2D eigenvalue weighted by Crippen LogP contribution is -2.28. The minimum absolute atomic E-state index is 0.0872. The van der Waals surface area contributed by atoms with Gasteiger partial charge >= 0.3 is 0 Å². The van der Waals surface area contributed by atoms with Gasteiger partial charge in [0.05, 0.1) is 16.8 Å². The summed E-state index contributed by atoms with van der Waals surface area (Å²) in [5, 5.41) is 2.64. The fourth-order valence-electron chi connectivity index (χ4n) is 11.2. The molecule has 8 aromatic carbocycles. The van der Waals surface area contributed by atoms with Crippen molar-refractivity contribution in [3.05, 3.63) is 221 Å². The first-order valence-corrected chi connectivity index (χ1v) is 20.9. The molecule has 0 saturated heterocycles. The standard InChI is InChI=1S/C54H39NS/c1-3-18-36(19-4-1)54(42-26-11-7-22-38(42)39-23-8-12-27-43(39)54)45-29-16-32-48-51(45)52-47(31-17-33-49(52)56-48)55(37-20-5-2-6-21-37)46-30-15-28-44-50(46)40-24-9-10-25-41(40)53(44)34-13-14-35-53/h1-12,15-33H,13-14,34-35H2. The number of fused-ring (bicyclic) bond motifs is 11. The summed E-state index contributed by atoms with van der Waals surface area (Å²) in [6.45, 7) is 0. The van der Waals surface area contributed by atoms with Gasteiger partial charge in [0.15, 0.2) is 0 Å². The Morgan fingerprint density at radius 2 is 0.911 bits per heavy atom. The summed E-state index contributed by atoms with van der Waals surface area (Å²) in [5.41, 5.74) is 17.0. The van der Waals surface area contributed by atoms with Gasteiger partial charge in [-0.15, -0.1) is 11.3 Å². The van der Waals surface area contributed by atoms with Crippen LogP contribution in [0.2, 0.25) is 0 Å². The van der Waals surface area contributed by atoms with Gasteiger partial charge in [0, 0.05) is 36.8 Å². The van der Waals surface area contributed by atoms with Crippen molar-refractivity contribution in [2.24, 2.45) is 0 Å². The highest BCUT2D eigenvalue weighted by Gasteiger charge is 2.48. The average molecular weight is 734 g/mol. The van der Waals surface area contributed by atoms with E-state index in [0.29, 0.717) is 0 Å². The van der Waals surface area contributed by atoms with Gasteiger partial charge in [0.1, 0.15) is 0 Å². The zero-order valence-corrected chi connectivity index (χ0v) is 31.9. The first-order valence-electron chi connectivity index (χ1n) is 20.1. The molecule has 56 heavy (non-hydrogen) atoms. The van der Waals surface area contributed by atoms with E-state index in [-0.39, 0.29) is 5.41 Å². The molecule has 266 valence electrons. The molecule has 1 nitrogen and oxygen atoms in total. The Labute approximate surface area is 332 Å². The summed E-state index contributed by atoms with van der Waals surface area (Å²) in [4.78, 5) is 2.58. The van der Waals surface area contributed by atoms with Crippen LogP contribution in [-0.2, 0) is 10.8 Å². The van der Waals surface area contributed by atoms with Crippen molar-refractivity contribution in [2.45, 2.75) is 36.5 Å². The molecule has 0 unspecified atom stereocenters. The number of nitrogens with zero attached hydrogens (tertiary/aromatic N) is 1. The Kier molecular flexibility index (Phi) is 6.95. The minimum Gasteiger partial charge on any atom is -0.309 e. The molecule has 3 aliphatic carbocycles. The maximum absolute atomic E-state index is 2.58. The number of thiophene rings is 1. The highest BCUT2D eigenvalue weighted by atomic mass is 32.1. The van der Waals surface area contributed by atoms with Gasteiger partial charge in [0.25, 0.3) is 0 Å². The molecular weight excluding hydrogens is 695 g/mol. The summed E-state index contributed by atoms with van der Waals surface area (Å²) in [5.74, 6) is 0. The molecular formula is C54H39NS. The van der Waals surface area contributed by atoms with E-state index >= 15 is 0 Å². The smallest absolute Gasteiger partial charge is 0.0720 e. The van der Waals surface area contributed by atoms with Crippen LogP contribution in [0.1, 0.15) is 59.1 Å². The number of anilines is 3. The van der Waals surface area contributed by atoms with Crippen molar-refractivity contribution >= 4 is 48.6 Å². The molecule has 1 aromatic heterocycles. The van der Waals surface area contributed by atoms with Gasteiger partial charge in [-0.25, -0.2) is 0 Å². The van der Waals surface area contributed by atoms with Crippen LogP contribution in [0, 0.1) is 0 Å². The van der Waals surface area contributed by atoms with Gasteiger partial charge in [-0.1, -0.05) is 165 Å². The van der Waals surface area contributed by atoms with Gasteiger partial charge in [-0.2, -0.15) is 0 Å². The third-order valence-corrected chi connectivity index (χ3v) is 14.4. The molecule has 0 aliphatic heterocycles. The van der Waals surface area contributed by atoms with E-state index < -0.39 is 5.41 Å². The lowest BCUT2D eigenvalue weighted by molar-refractivity contribution is 0.550. The zero-order valence-electron chi connectivity index (χ0n) is 31.1. The van der Waals surface area contributed by atoms with Crippen molar-refractivity contribution in [1.82, 2.24) is 0 Å². The lowest BCUT2D eigenvalue weighted by Gasteiger charge is -2.35. The topological polar surface area (TPSA) is 3.24 Å². The van der Waals surface area contributed by atoms with Gasteiger partial charge < -0.3 is 4.90 Å². The quantitative estimate of drug-likeness (QED) is 0.170. The van der Waals surface area contributed by atoms with Crippen LogP contribution >= 0.6 is 11.3 Å². The largest absolute Gasteiger partial charge is 0.309 e. The summed E-state index contributed by atoms with van der Waals surface area (Å²) < 4.78 is 2.61. The van der Waals surface area contributed by atoms with Crippen LogP contribution in [-0.4, -0.2) is 0 Å². The molecule has 0 radical (unpaired) electrons. The molecule has 0 amide bonds. The van der Waals surface area contributed by atoms with E-state index in [4.69, 9.17) is 0 Å². The SMILES string of the molecule is c1ccc(N(c2cccc3c2-c2ccccc2C32CCCC2)c2cccc3sc4cccc(C5(c6ccccc6)c6ccccc6-c6ccccc65)c4c23)cc1. The Balaban J connectivity index is 1.21. The number of benzene rings is 8. The number of para-hydroxylation sites is 1.